The van der Waals surface area contributed by atoms with Crippen LogP contribution >= 0.6 is 79.6 Å². The minimum absolute atomic E-state index is 0.174. The highest BCUT2D eigenvalue weighted by Crippen LogP contribution is 2.51. The first kappa shape index (κ1) is 17.0. The molecule has 0 saturated carbocycles. The van der Waals surface area contributed by atoms with Gasteiger partial charge in [0.05, 0.1) is 30.0 Å². The molecule has 0 aliphatic rings. The third kappa shape index (κ3) is 3.67. The standard InChI is InChI=1S/C13H7Cl5S2/c1-6-2-4-7(5-3-6)19-20-13-11(17)9(15)8(14)10(16)12(13)18/h2-5H,1H3. The number of rotatable bonds is 3. The summed E-state index contributed by atoms with van der Waals surface area (Å²) in [6.07, 6.45) is 0. The van der Waals surface area contributed by atoms with Gasteiger partial charge in [-0.15, -0.1) is 0 Å². The summed E-state index contributed by atoms with van der Waals surface area (Å²) in [5, 5.41) is 1.24. The summed E-state index contributed by atoms with van der Waals surface area (Å²) < 4.78 is 0. The number of halogens is 5. The molecule has 0 N–H and O–H groups in total. The molecule has 0 nitrogen and oxygen atoms in total. The summed E-state index contributed by atoms with van der Waals surface area (Å²) in [5.74, 6) is 0. The Morgan fingerprint density at radius 2 is 1.10 bits per heavy atom. The van der Waals surface area contributed by atoms with E-state index in [-0.39, 0.29) is 15.1 Å². The second-order valence-electron chi connectivity index (χ2n) is 3.88. The van der Waals surface area contributed by atoms with Gasteiger partial charge in [0.2, 0.25) is 0 Å². The highest BCUT2D eigenvalue weighted by Gasteiger charge is 2.19. The van der Waals surface area contributed by atoms with Crippen LogP contribution in [0.1, 0.15) is 5.56 Å². The summed E-state index contributed by atoms with van der Waals surface area (Å²) in [7, 11) is 2.92. The molecule has 0 bridgehead atoms. The van der Waals surface area contributed by atoms with E-state index in [9.17, 15) is 0 Å². The van der Waals surface area contributed by atoms with E-state index in [1.807, 2.05) is 31.2 Å². The highest BCUT2D eigenvalue weighted by atomic mass is 35.5. The average Bonchev–Trinajstić information content (AvgIpc) is 2.45. The summed E-state index contributed by atoms with van der Waals surface area (Å²) in [6, 6.07) is 8.11. The topological polar surface area (TPSA) is 0 Å². The molecule has 0 heterocycles. The molecule has 7 heteroatoms. The van der Waals surface area contributed by atoms with Crippen molar-refractivity contribution >= 4 is 79.6 Å². The zero-order valence-corrected chi connectivity index (χ0v) is 15.4. The molecular formula is C13H7Cl5S2. The maximum Gasteiger partial charge on any atom is 0.0809 e. The fourth-order valence-electron chi connectivity index (χ4n) is 1.34. The Hall–Kier alpha value is 0.590. The number of benzene rings is 2. The number of hydrogen-bond acceptors (Lipinski definition) is 2. The third-order valence-electron chi connectivity index (χ3n) is 2.41. The van der Waals surface area contributed by atoms with Gasteiger partial charge in [0.1, 0.15) is 0 Å². The van der Waals surface area contributed by atoms with Crippen LogP contribution in [-0.4, -0.2) is 0 Å². The van der Waals surface area contributed by atoms with E-state index in [1.54, 1.807) is 0 Å². The Kier molecular flexibility index (Phi) is 6.13. The molecule has 106 valence electrons. The Balaban J connectivity index is 2.28. The van der Waals surface area contributed by atoms with Gasteiger partial charge in [-0.2, -0.15) is 0 Å². The van der Waals surface area contributed by atoms with Gasteiger partial charge in [0.15, 0.2) is 0 Å². The third-order valence-corrected chi connectivity index (χ3v) is 7.36. The van der Waals surface area contributed by atoms with Crippen LogP contribution in [0.2, 0.25) is 25.1 Å². The minimum atomic E-state index is 0.174. The van der Waals surface area contributed by atoms with Crippen molar-refractivity contribution < 1.29 is 0 Å². The van der Waals surface area contributed by atoms with Gasteiger partial charge in [-0.05, 0) is 29.9 Å². The molecule has 0 atom stereocenters. The van der Waals surface area contributed by atoms with Crippen LogP contribution < -0.4 is 0 Å². The summed E-state index contributed by atoms with van der Waals surface area (Å²) >= 11 is 30.4. The molecular weight excluding hydrogens is 398 g/mol. The molecule has 0 aliphatic carbocycles. The predicted octanol–water partition coefficient (Wildman–Crippen LogP) is 8.06. The Bertz CT molecular complexity index is 611. The average molecular weight is 405 g/mol. The first-order valence-corrected chi connectivity index (χ1v) is 9.38. The van der Waals surface area contributed by atoms with Crippen molar-refractivity contribution in [3.8, 4) is 0 Å². The molecule has 2 rings (SSSR count). The van der Waals surface area contributed by atoms with Crippen LogP contribution in [0.15, 0.2) is 34.1 Å². The zero-order valence-electron chi connectivity index (χ0n) is 10.0. The van der Waals surface area contributed by atoms with Crippen LogP contribution in [-0.2, 0) is 0 Å². The Morgan fingerprint density at radius 1 is 0.650 bits per heavy atom. The maximum atomic E-state index is 6.17. The largest absolute Gasteiger partial charge is 0.0813 e. The van der Waals surface area contributed by atoms with E-state index in [1.165, 1.54) is 27.2 Å². The van der Waals surface area contributed by atoms with Crippen LogP contribution in [0, 0.1) is 6.92 Å². The van der Waals surface area contributed by atoms with Gasteiger partial charge < -0.3 is 0 Å². The van der Waals surface area contributed by atoms with Crippen molar-refractivity contribution in [1.82, 2.24) is 0 Å². The van der Waals surface area contributed by atoms with Gasteiger partial charge in [0, 0.05) is 4.90 Å². The van der Waals surface area contributed by atoms with Gasteiger partial charge >= 0.3 is 0 Å². The van der Waals surface area contributed by atoms with Crippen LogP contribution in [0.4, 0.5) is 0 Å². The first-order valence-electron chi connectivity index (χ1n) is 5.34. The molecule has 2 aromatic rings. The zero-order chi connectivity index (χ0) is 14.9. The molecule has 2 aromatic carbocycles. The molecule has 0 aromatic heterocycles. The normalized spacial score (nSPS) is 10.9. The quantitative estimate of drug-likeness (QED) is 0.288. The highest BCUT2D eigenvalue weighted by molar-refractivity contribution is 8.76. The van der Waals surface area contributed by atoms with E-state index in [0.29, 0.717) is 14.9 Å². The van der Waals surface area contributed by atoms with E-state index < -0.39 is 0 Å². The monoisotopic (exact) mass is 402 g/mol. The smallest absolute Gasteiger partial charge is 0.0809 e. The minimum Gasteiger partial charge on any atom is -0.0813 e. The Labute approximate surface area is 150 Å². The predicted molar refractivity (Wildman–Crippen MR) is 94.4 cm³/mol. The molecule has 0 radical (unpaired) electrons. The number of hydrogen-bond donors (Lipinski definition) is 0. The van der Waals surface area contributed by atoms with Crippen molar-refractivity contribution in [1.29, 1.82) is 0 Å². The van der Waals surface area contributed by atoms with E-state index in [0.717, 1.165) is 4.90 Å². The fraction of sp³-hybridized carbons (Fsp3) is 0.0769. The van der Waals surface area contributed by atoms with Gasteiger partial charge in [0.25, 0.3) is 0 Å². The summed E-state index contributed by atoms with van der Waals surface area (Å²) in [6.45, 7) is 2.04. The van der Waals surface area contributed by atoms with Crippen LogP contribution in [0.5, 0.6) is 0 Å². The van der Waals surface area contributed by atoms with Crippen molar-refractivity contribution in [3.05, 3.63) is 54.9 Å². The van der Waals surface area contributed by atoms with E-state index >= 15 is 0 Å². The van der Waals surface area contributed by atoms with Crippen molar-refractivity contribution in [3.63, 3.8) is 0 Å². The molecule has 20 heavy (non-hydrogen) atoms. The lowest BCUT2D eigenvalue weighted by molar-refractivity contribution is 1.38. The molecule has 0 unspecified atom stereocenters. The lowest BCUT2D eigenvalue weighted by atomic mass is 10.2. The van der Waals surface area contributed by atoms with Gasteiger partial charge in [-0.3, -0.25) is 0 Å². The van der Waals surface area contributed by atoms with Crippen molar-refractivity contribution in [2.24, 2.45) is 0 Å². The van der Waals surface area contributed by atoms with Crippen molar-refractivity contribution in [2.45, 2.75) is 16.7 Å². The second-order valence-corrected chi connectivity index (χ2v) is 7.98. The lowest BCUT2D eigenvalue weighted by Crippen LogP contribution is -1.82. The first-order chi connectivity index (χ1) is 9.41. The summed E-state index contributed by atoms with van der Waals surface area (Å²) in [5.41, 5.74) is 1.20. The molecule has 0 amide bonds. The van der Waals surface area contributed by atoms with Crippen LogP contribution in [0.25, 0.3) is 0 Å². The Morgan fingerprint density at radius 3 is 1.60 bits per heavy atom. The molecule has 0 fully saturated rings. The molecule has 0 spiro atoms. The molecule has 0 aliphatic heterocycles. The second kappa shape index (κ2) is 7.23. The summed E-state index contributed by atoms with van der Waals surface area (Å²) in [4.78, 5) is 1.69. The van der Waals surface area contributed by atoms with Crippen LogP contribution in [0.3, 0.4) is 0 Å². The van der Waals surface area contributed by atoms with Gasteiger partial charge in [-0.25, -0.2) is 0 Å². The molecule has 0 saturated heterocycles. The van der Waals surface area contributed by atoms with E-state index in [4.69, 9.17) is 58.0 Å². The van der Waals surface area contributed by atoms with Gasteiger partial charge in [-0.1, -0.05) is 86.5 Å². The maximum absolute atomic E-state index is 6.17. The lowest BCUT2D eigenvalue weighted by Gasteiger charge is -2.11. The van der Waals surface area contributed by atoms with E-state index in [2.05, 4.69) is 0 Å². The van der Waals surface area contributed by atoms with Crippen molar-refractivity contribution in [2.75, 3.05) is 0 Å². The number of aryl methyl sites for hydroxylation is 1. The SMILES string of the molecule is Cc1ccc(SSc2c(Cl)c(Cl)c(Cl)c(Cl)c2Cl)cc1. The fourth-order valence-corrected chi connectivity index (χ4v) is 5.25.